The van der Waals surface area contributed by atoms with Gasteiger partial charge in [-0.25, -0.2) is 0 Å². The van der Waals surface area contributed by atoms with Crippen LogP contribution in [0, 0.1) is 0 Å². The highest BCUT2D eigenvalue weighted by Gasteiger charge is 2.29. The van der Waals surface area contributed by atoms with Gasteiger partial charge >= 0.3 is 0 Å². The number of benzene rings is 1. The van der Waals surface area contributed by atoms with Gasteiger partial charge in [0.2, 0.25) is 0 Å². The predicted molar refractivity (Wildman–Crippen MR) is 80.9 cm³/mol. The first kappa shape index (κ1) is 13.9. The van der Waals surface area contributed by atoms with Crippen LogP contribution >= 0.6 is 11.8 Å². The van der Waals surface area contributed by atoms with Gasteiger partial charge in [-0.15, -0.1) is 0 Å². The SMILES string of the molecule is CC1CN(CC(C)(N)c2ccccc2)CC(C)S1. The van der Waals surface area contributed by atoms with Crippen LogP contribution in [0.4, 0.5) is 0 Å². The van der Waals surface area contributed by atoms with Gasteiger partial charge < -0.3 is 5.73 Å². The number of rotatable bonds is 3. The van der Waals surface area contributed by atoms with Crippen LogP contribution in [0.3, 0.4) is 0 Å². The lowest BCUT2D eigenvalue weighted by atomic mass is 9.92. The van der Waals surface area contributed by atoms with Gasteiger partial charge in [0.1, 0.15) is 0 Å². The molecule has 2 rings (SSSR count). The summed E-state index contributed by atoms with van der Waals surface area (Å²) < 4.78 is 0. The fourth-order valence-corrected chi connectivity index (χ4v) is 4.18. The summed E-state index contributed by atoms with van der Waals surface area (Å²) in [5.41, 5.74) is 7.48. The summed E-state index contributed by atoms with van der Waals surface area (Å²) in [4.78, 5) is 2.51. The zero-order valence-corrected chi connectivity index (χ0v) is 12.4. The zero-order valence-electron chi connectivity index (χ0n) is 11.6. The second-order valence-electron chi connectivity index (χ2n) is 5.73. The van der Waals surface area contributed by atoms with Crippen molar-refractivity contribution < 1.29 is 0 Å². The van der Waals surface area contributed by atoms with Crippen molar-refractivity contribution in [1.82, 2.24) is 4.90 Å². The molecular weight excluding hydrogens is 240 g/mol. The third kappa shape index (κ3) is 3.50. The van der Waals surface area contributed by atoms with Crippen LogP contribution in [0.1, 0.15) is 26.3 Å². The molecular formula is C15H24N2S. The van der Waals surface area contributed by atoms with E-state index in [0.717, 1.165) is 19.6 Å². The summed E-state index contributed by atoms with van der Waals surface area (Å²) in [6.45, 7) is 9.99. The lowest BCUT2D eigenvalue weighted by Crippen LogP contribution is -2.50. The highest BCUT2D eigenvalue weighted by atomic mass is 32.2. The molecule has 0 saturated carbocycles. The maximum atomic E-state index is 6.51. The van der Waals surface area contributed by atoms with E-state index in [2.05, 4.69) is 61.7 Å². The summed E-state index contributed by atoms with van der Waals surface area (Å²) >= 11 is 2.08. The van der Waals surface area contributed by atoms with Crippen molar-refractivity contribution in [2.45, 2.75) is 36.8 Å². The van der Waals surface area contributed by atoms with E-state index in [9.17, 15) is 0 Å². The molecule has 1 heterocycles. The Bertz CT molecular complexity index is 367. The van der Waals surface area contributed by atoms with Crippen molar-refractivity contribution >= 4 is 11.8 Å². The minimum Gasteiger partial charge on any atom is -0.321 e. The fraction of sp³-hybridized carbons (Fsp3) is 0.600. The van der Waals surface area contributed by atoms with E-state index in [1.54, 1.807) is 0 Å². The van der Waals surface area contributed by atoms with E-state index in [1.807, 2.05) is 6.07 Å². The molecule has 0 amide bonds. The predicted octanol–water partition coefficient (Wildman–Crippen LogP) is 2.69. The average Bonchev–Trinajstić information content (AvgIpc) is 2.28. The molecule has 100 valence electrons. The standard InChI is InChI=1S/C15H24N2S/c1-12-9-17(10-13(2)18-12)11-15(3,16)14-7-5-4-6-8-14/h4-8,12-13H,9-11,16H2,1-3H3. The molecule has 2 nitrogen and oxygen atoms in total. The molecule has 2 N–H and O–H groups in total. The molecule has 1 aliphatic heterocycles. The Morgan fingerprint density at radius 1 is 1.22 bits per heavy atom. The Balaban J connectivity index is 2.04. The molecule has 3 heteroatoms. The first-order valence-corrected chi connectivity index (χ1v) is 7.64. The lowest BCUT2D eigenvalue weighted by Gasteiger charge is -2.39. The molecule has 1 aromatic rings. The second kappa shape index (κ2) is 5.64. The minimum atomic E-state index is -0.261. The van der Waals surface area contributed by atoms with E-state index in [1.165, 1.54) is 5.56 Å². The Hall–Kier alpha value is -0.510. The monoisotopic (exact) mass is 264 g/mol. The van der Waals surface area contributed by atoms with Crippen LogP contribution in [0.5, 0.6) is 0 Å². The molecule has 1 aliphatic rings. The van der Waals surface area contributed by atoms with Crippen LogP contribution < -0.4 is 5.73 Å². The molecule has 0 bridgehead atoms. The van der Waals surface area contributed by atoms with E-state index < -0.39 is 0 Å². The Labute approximate surface area is 115 Å². The first-order valence-electron chi connectivity index (χ1n) is 6.69. The Morgan fingerprint density at radius 3 is 2.33 bits per heavy atom. The number of hydrogen-bond acceptors (Lipinski definition) is 3. The van der Waals surface area contributed by atoms with E-state index >= 15 is 0 Å². The molecule has 0 aromatic heterocycles. The molecule has 0 spiro atoms. The van der Waals surface area contributed by atoms with Gasteiger partial charge in [0.05, 0.1) is 5.54 Å². The average molecular weight is 264 g/mol. The van der Waals surface area contributed by atoms with Crippen molar-refractivity contribution in [2.24, 2.45) is 5.73 Å². The number of hydrogen-bond donors (Lipinski definition) is 1. The van der Waals surface area contributed by atoms with E-state index in [4.69, 9.17) is 5.73 Å². The summed E-state index contributed by atoms with van der Waals surface area (Å²) in [6, 6.07) is 10.4. The molecule has 0 radical (unpaired) electrons. The van der Waals surface area contributed by atoms with Crippen LogP contribution in [0.25, 0.3) is 0 Å². The van der Waals surface area contributed by atoms with Gasteiger partial charge in [0.15, 0.2) is 0 Å². The van der Waals surface area contributed by atoms with Gasteiger partial charge in [0.25, 0.3) is 0 Å². The zero-order chi connectivity index (χ0) is 13.2. The van der Waals surface area contributed by atoms with Gasteiger partial charge in [-0.2, -0.15) is 11.8 Å². The van der Waals surface area contributed by atoms with Gasteiger partial charge in [-0.1, -0.05) is 44.2 Å². The molecule has 3 atom stereocenters. The van der Waals surface area contributed by atoms with Crippen LogP contribution in [-0.4, -0.2) is 35.0 Å². The Kier molecular flexibility index (Phi) is 4.36. The maximum Gasteiger partial charge on any atom is 0.0509 e. The minimum absolute atomic E-state index is 0.261. The summed E-state index contributed by atoms with van der Waals surface area (Å²) in [6.07, 6.45) is 0. The van der Waals surface area contributed by atoms with Crippen LogP contribution in [0.2, 0.25) is 0 Å². The third-order valence-electron chi connectivity index (χ3n) is 3.48. The highest BCUT2D eigenvalue weighted by molar-refractivity contribution is 8.00. The van der Waals surface area contributed by atoms with Gasteiger partial charge in [0, 0.05) is 30.1 Å². The number of nitrogens with two attached hydrogens (primary N) is 1. The van der Waals surface area contributed by atoms with Crippen molar-refractivity contribution in [2.75, 3.05) is 19.6 Å². The second-order valence-corrected chi connectivity index (χ2v) is 7.62. The molecule has 1 saturated heterocycles. The fourth-order valence-electron chi connectivity index (χ4n) is 2.79. The maximum absolute atomic E-state index is 6.51. The largest absolute Gasteiger partial charge is 0.321 e. The highest BCUT2D eigenvalue weighted by Crippen LogP contribution is 2.27. The van der Waals surface area contributed by atoms with Crippen molar-refractivity contribution in [3.8, 4) is 0 Å². The van der Waals surface area contributed by atoms with E-state index in [-0.39, 0.29) is 5.54 Å². The molecule has 18 heavy (non-hydrogen) atoms. The summed E-state index contributed by atoms with van der Waals surface area (Å²) in [5.74, 6) is 0. The first-order chi connectivity index (χ1) is 8.47. The summed E-state index contributed by atoms with van der Waals surface area (Å²) in [5, 5.41) is 1.42. The van der Waals surface area contributed by atoms with Gasteiger partial charge in [-0.05, 0) is 12.5 Å². The molecule has 3 unspecified atom stereocenters. The van der Waals surface area contributed by atoms with E-state index in [0.29, 0.717) is 10.5 Å². The van der Waals surface area contributed by atoms with Crippen LogP contribution in [-0.2, 0) is 5.54 Å². The van der Waals surface area contributed by atoms with Crippen molar-refractivity contribution in [3.05, 3.63) is 35.9 Å². The quantitative estimate of drug-likeness (QED) is 0.910. The normalized spacial score (nSPS) is 28.9. The smallest absolute Gasteiger partial charge is 0.0509 e. The van der Waals surface area contributed by atoms with Crippen LogP contribution in [0.15, 0.2) is 30.3 Å². The van der Waals surface area contributed by atoms with Gasteiger partial charge in [-0.3, -0.25) is 4.90 Å². The molecule has 0 aliphatic carbocycles. The number of nitrogens with zero attached hydrogens (tertiary/aromatic N) is 1. The third-order valence-corrected chi connectivity index (χ3v) is 4.71. The van der Waals surface area contributed by atoms with Crippen molar-refractivity contribution in [3.63, 3.8) is 0 Å². The lowest BCUT2D eigenvalue weighted by molar-refractivity contribution is 0.215. The molecule has 1 aromatic carbocycles. The van der Waals surface area contributed by atoms with Crippen molar-refractivity contribution in [1.29, 1.82) is 0 Å². The Morgan fingerprint density at radius 2 is 1.78 bits per heavy atom. The summed E-state index contributed by atoms with van der Waals surface area (Å²) in [7, 11) is 0. The topological polar surface area (TPSA) is 29.3 Å². The molecule has 1 fully saturated rings. The number of thioether (sulfide) groups is 1.